The van der Waals surface area contributed by atoms with E-state index in [1.807, 2.05) is 0 Å². The minimum absolute atomic E-state index is 0.182. The van der Waals surface area contributed by atoms with Gasteiger partial charge in [0.25, 0.3) is 5.91 Å². The summed E-state index contributed by atoms with van der Waals surface area (Å²) in [5.74, 6) is -1.37. The van der Waals surface area contributed by atoms with E-state index in [1.54, 1.807) is 25.1 Å². The summed E-state index contributed by atoms with van der Waals surface area (Å²) in [7, 11) is 0. The van der Waals surface area contributed by atoms with Crippen LogP contribution in [0.5, 0.6) is 0 Å². The van der Waals surface area contributed by atoms with Crippen molar-refractivity contribution < 1.29 is 19.1 Å². The number of pyridine rings is 1. The molecule has 0 spiro atoms. The Labute approximate surface area is 131 Å². The Hall–Kier alpha value is -2.60. The van der Waals surface area contributed by atoms with Crippen molar-refractivity contribution in [2.75, 3.05) is 11.9 Å². The van der Waals surface area contributed by atoms with Gasteiger partial charge in [0, 0.05) is 22.8 Å². The van der Waals surface area contributed by atoms with Gasteiger partial charge in [-0.15, -0.1) is 0 Å². The molecule has 2 aromatic rings. The van der Waals surface area contributed by atoms with E-state index in [4.69, 9.17) is 16.3 Å². The first kappa shape index (κ1) is 15.8. The number of nitrogens with one attached hydrogen (secondary N) is 1. The highest BCUT2D eigenvalue weighted by molar-refractivity contribution is 6.30. The van der Waals surface area contributed by atoms with Crippen LogP contribution in [0, 0.1) is 12.1 Å². The molecule has 1 aromatic carbocycles. The van der Waals surface area contributed by atoms with Crippen LogP contribution in [0.15, 0.2) is 42.6 Å². The van der Waals surface area contributed by atoms with Gasteiger partial charge in [-0.05, 0) is 36.8 Å². The number of aromatic nitrogens is 1. The Morgan fingerprint density at radius 3 is 2.77 bits per heavy atom. The van der Waals surface area contributed by atoms with Crippen LogP contribution in [-0.2, 0) is 9.53 Å². The van der Waals surface area contributed by atoms with Gasteiger partial charge in [-0.2, -0.15) is 4.73 Å². The highest BCUT2D eigenvalue weighted by Crippen LogP contribution is 2.19. The number of hydrogen-bond donors (Lipinski definition) is 1. The van der Waals surface area contributed by atoms with E-state index in [1.165, 1.54) is 24.4 Å². The summed E-state index contributed by atoms with van der Waals surface area (Å²) in [5.41, 5.74) is 1.18. The van der Waals surface area contributed by atoms with Crippen LogP contribution in [0.1, 0.15) is 16.1 Å². The molecule has 0 saturated carbocycles. The molecule has 0 aliphatic heterocycles. The number of amides is 1. The summed E-state index contributed by atoms with van der Waals surface area (Å²) in [6, 6.07) is 9.33. The van der Waals surface area contributed by atoms with Gasteiger partial charge < -0.3 is 15.3 Å². The Kier molecular flexibility index (Phi) is 4.95. The number of aryl methyl sites for hydroxylation is 1. The van der Waals surface area contributed by atoms with Crippen molar-refractivity contribution in [2.45, 2.75) is 6.92 Å². The Bertz CT molecular complexity index is 718. The van der Waals surface area contributed by atoms with Crippen molar-refractivity contribution in [3.8, 4) is 0 Å². The molecule has 2 rings (SSSR count). The molecule has 1 N–H and O–H groups in total. The Morgan fingerprint density at radius 1 is 1.32 bits per heavy atom. The fourth-order valence-corrected chi connectivity index (χ4v) is 1.97. The first-order chi connectivity index (χ1) is 10.5. The topological polar surface area (TPSA) is 82.3 Å². The number of benzene rings is 1. The normalized spacial score (nSPS) is 10.1. The number of rotatable bonds is 4. The van der Waals surface area contributed by atoms with Gasteiger partial charge in [0.2, 0.25) is 0 Å². The molecule has 114 valence electrons. The molecule has 6 nitrogen and oxygen atoms in total. The summed E-state index contributed by atoms with van der Waals surface area (Å²) in [5, 5.41) is 14.5. The monoisotopic (exact) mass is 320 g/mol. The molecule has 0 atom stereocenters. The average molecular weight is 321 g/mol. The molecule has 22 heavy (non-hydrogen) atoms. The molecule has 1 amide bonds. The summed E-state index contributed by atoms with van der Waals surface area (Å²) >= 11 is 5.82. The third-order valence-corrected chi connectivity index (χ3v) is 3.07. The van der Waals surface area contributed by atoms with Crippen LogP contribution in [0.3, 0.4) is 0 Å². The van der Waals surface area contributed by atoms with Crippen molar-refractivity contribution in [3.63, 3.8) is 0 Å². The van der Waals surface area contributed by atoms with Crippen LogP contribution in [-0.4, -0.2) is 18.5 Å². The number of halogens is 1. The number of nitrogens with zero attached hydrogens (tertiary/aromatic N) is 1. The standard InChI is InChI=1S/C15H13ClN2O4/c1-10-8-11(16)5-6-12(10)17-14(19)9-22-15(20)13-4-2-3-7-18(13)21/h2-8H,9H2,1H3,(H,17,19). The van der Waals surface area contributed by atoms with Crippen molar-refractivity contribution in [3.05, 3.63) is 64.1 Å². The predicted molar refractivity (Wildman–Crippen MR) is 80.5 cm³/mol. The fraction of sp³-hybridized carbons (Fsp3) is 0.133. The van der Waals surface area contributed by atoms with Gasteiger partial charge in [0.15, 0.2) is 12.8 Å². The van der Waals surface area contributed by atoms with Gasteiger partial charge in [-0.25, -0.2) is 4.79 Å². The fourth-order valence-electron chi connectivity index (χ4n) is 1.74. The second kappa shape index (κ2) is 6.91. The summed E-state index contributed by atoms with van der Waals surface area (Å²) < 4.78 is 5.19. The maximum Gasteiger partial charge on any atom is 0.405 e. The molecule has 1 heterocycles. The SMILES string of the molecule is Cc1cc(Cl)ccc1NC(=O)COC(=O)c1cccc[n+]1[O-]. The highest BCUT2D eigenvalue weighted by Gasteiger charge is 2.18. The van der Waals surface area contributed by atoms with E-state index < -0.39 is 18.5 Å². The van der Waals surface area contributed by atoms with Crippen LogP contribution in [0.2, 0.25) is 5.02 Å². The number of hydrogen-bond acceptors (Lipinski definition) is 4. The minimum Gasteiger partial charge on any atom is -0.618 e. The molecule has 0 aliphatic rings. The average Bonchev–Trinajstić information content (AvgIpc) is 2.48. The summed E-state index contributed by atoms with van der Waals surface area (Å²) in [6.07, 6.45) is 1.17. The van der Waals surface area contributed by atoms with Gasteiger partial charge in [-0.3, -0.25) is 4.79 Å². The van der Waals surface area contributed by atoms with E-state index >= 15 is 0 Å². The Morgan fingerprint density at radius 2 is 2.09 bits per heavy atom. The van der Waals surface area contributed by atoms with Crippen LogP contribution in [0.25, 0.3) is 0 Å². The quantitative estimate of drug-likeness (QED) is 0.531. The first-order valence-electron chi connectivity index (χ1n) is 6.38. The second-order valence-electron chi connectivity index (χ2n) is 4.50. The lowest BCUT2D eigenvalue weighted by Gasteiger charge is -2.09. The largest absolute Gasteiger partial charge is 0.618 e. The predicted octanol–water partition coefficient (Wildman–Crippen LogP) is 2.08. The third kappa shape index (κ3) is 3.95. The van der Waals surface area contributed by atoms with Crippen LogP contribution in [0.4, 0.5) is 5.69 Å². The van der Waals surface area contributed by atoms with Gasteiger partial charge in [0.1, 0.15) is 0 Å². The molecule has 0 radical (unpaired) electrons. The maximum absolute atomic E-state index is 11.8. The highest BCUT2D eigenvalue weighted by atomic mass is 35.5. The van der Waals surface area contributed by atoms with Gasteiger partial charge >= 0.3 is 11.7 Å². The number of ether oxygens (including phenoxy) is 1. The molecular weight excluding hydrogens is 308 g/mol. The van der Waals surface area contributed by atoms with Crippen molar-refractivity contribution in [1.82, 2.24) is 0 Å². The van der Waals surface area contributed by atoms with Crippen molar-refractivity contribution in [2.24, 2.45) is 0 Å². The first-order valence-corrected chi connectivity index (χ1v) is 6.76. The number of carbonyl (C=O) groups is 2. The van der Waals surface area contributed by atoms with E-state index in [2.05, 4.69) is 5.32 Å². The number of esters is 1. The van der Waals surface area contributed by atoms with Crippen molar-refractivity contribution in [1.29, 1.82) is 0 Å². The van der Waals surface area contributed by atoms with Crippen LogP contribution >= 0.6 is 11.6 Å². The summed E-state index contributed by atoms with van der Waals surface area (Å²) in [6.45, 7) is 1.30. The summed E-state index contributed by atoms with van der Waals surface area (Å²) in [4.78, 5) is 23.5. The number of anilines is 1. The molecular formula is C15H13ClN2O4. The molecule has 0 unspecified atom stereocenters. The van der Waals surface area contributed by atoms with E-state index in [-0.39, 0.29) is 5.69 Å². The van der Waals surface area contributed by atoms with E-state index in [9.17, 15) is 14.8 Å². The second-order valence-corrected chi connectivity index (χ2v) is 4.93. The van der Waals surface area contributed by atoms with E-state index in [0.717, 1.165) is 5.56 Å². The Balaban J connectivity index is 1.93. The van der Waals surface area contributed by atoms with Gasteiger partial charge in [-0.1, -0.05) is 11.6 Å². The minimum atomic E-state index is -0.862. The van der Waals surface area contributed by atoms with Crippen LogP contribution < -0.4 is 10.0 Å². The third-order valence-electron chi connectivity index (χ3n) is 2.83. The molecule has 7 heteroatoms. The smallest absolute Gasteiger partial charge is 0.405 e. The zero-order chi connectivity index (χ0) is 16.1. The lowest BCUT2D eigenvalue weighted by atomic mass is 10.2. The molecule has 0 bridgehead atoms. The number of carbonyl (C=O) groups excluding carboxylic acids is 2. The molecule has 0 aliphatic carbocycles. The van der Waals surface area contributed by atoms with Crippen molar-refractivity contribution >= 4 is 29.2 Å². The van der Waals surface area contributed by atoms with Gasteiger partial charge in [0.05, 0.1) is 0 Å². The van der Waals surface area contributed by atoms with E-state index in [0.29, 0.717) is 15.4 Å². The lowest BCUT2D eigenvalue weighted by molar-refractivity contribution is -0.608. The lowest BCUT2D eigenvalue weighted by Crippen LogP contribution is -2.35. The maximum atomic E-state index is 11.8. The molecule has 0 saturated heterocycles. The molecule has 1 aromatic heterocycles. The molecule has 0 fully saturated rings. The zero-order valence-corrected chi connectivity index (χ0v) is 12.5. The zero-order valence-electron chi connectivity index (χ0n) is 11.7.